The number of aliphatic imine (C=N–C) groups is 1. The Labute approximate surface area is 184 Å². The third-order valence-corrected chi connectivity index (χ3v) is 5.35. The van der Waals surface area contributed by atoms with E-state index < -0.39 is 0 Å². The number of benzene rings is 1. The van der Waals surface area contributed by atoms with Crippen molar-refractivity contribution in [3.05, 3.63) is 54.2 Å². The Morgan fingerprint density at radius 1 is 1.14 bits per heavy atom. The quantitative estimate of drug-likeness (QED) is 0.405. The monoisotopic (exact) mass is 493 g/mol. The van der Waals surface area contributed by atoms with Gasteiger partial charge in [-0.3, -0.25) is 4.99 Å². The molecule has 6 nitrogen and oxygen atoms in total. The molecule has 0 bridgehead atoms. The fourth-order valence-electron chi connectivity index (χ4n) is 3.86. The molecule has 2 aliphatic heterocycles. The number of hydrogen-bond donors (Lipinski definition) is 1. The Morgan fingerprint density at radius 3 is 2.68 bits per heavy atom. The molecule has 1 fully saturated rings. The first-order valence-corrected chi connectivity index (χ1v) is 9.68. The predicted molar refractivity (Wildman–Crippen MR) is 124 cm³/mol. The number of anilines is 1. The highest BCUT2D eigenvalue weighted by Gasteiger charge is 2.24. The molecule has 1 unspecified atom stereocenters. The molecule has 1 N–H and O–H groups in total. The lowest BCUT2D eigenvalue weighted by molar-refractivity contribution is 0.266. The van der Waals surface area contributed by atoms with Crippen LogP contribution in [-0.4, -0.2) is 62.2 Å². The lowest BCUT2D eigenvalue weighted by atomic mass is 9.93. The van der Waals surface area contributed by atoms with Crippen molar-refractivity contribution in [3.8, 4) is 5.75 Å². The normalized spacial score (nSPS) is 19.3. The van der Waals surface area contributed by atoms with Gasteiger partial charge < -0.3 is 19.9 Å². The van der Waals surface area contributed by atoms with Crippen molar-refractivity contribution in [1.82, 2.24) is 15.2 Å². The van der Waals surface area contributed by atoms with Crippen LogP contribution in [0.4, 0.5) is 5.82 Å². The molecule has 1 saturated heterocycles. The number of rotatable bonds is 3. The Kier molecular flexibility index (Phi) is 7.36. The average Bonchev–Trinajstić information content (AvgIpc) is 2.75. The van der Waals surface area contributed by atoms with Crippen molar-refractivity contribution in [2.75, 3.05) is 51.3 Å². The average molecular weight is 493 g/mol. The minimum absolute atomic E-state index is 0. The molecule has 7 heteroatoms. The molecule has 150 valence electrons. The van der Waals surface area contributed by atoms with Gasteiger partial charge >= 0.3 is 0 Å². The van der Waals surface area contributed by atoms with Crippen LogP contribution in [0, 0.1) is 0 Å². The smallest absolute Gasteiger partial charge is 0.193 e. The Hall–Kier alpha value is -2.03. The molecule has 1 aromatic carbocycles. The van der Waals surface area contributed by atoms with Gasteiger partial charge in [0.2, 0.25) is 0 Å². The van der Waals surface area contributed by atoms with E-state index in [-0.39, 0.29) is 24.0 Å². The van der Waals surface area contributed by atoms with E-state index in [1.54, 1.807) is 0 Å². The summed E-state index contributed by atoms with van der Waals surface area (Å²) in [7, 11) is 1.87. The number of pyridine rings is 1. The van der Waals surface area contributed by atoms with E-state index in [0.717, 1.165) is 63.3 Å². The lowest BCUT2D eigenvalue weighted by Crippen LogP contribution is -2.53. The molecule has 3 heterocycles. The molecule has 1 aromatic heterocycles. The van der Waals surface area contributed by atoms with Gasteiger partial charge in [-0.2, -0.15) is 0 Å². The Morgan fingerprint density at radius 2 is 1.93 bits per heavy atom. The Balaban J connectivity index is 0.00000225. The zero-order chi connectivity index (χ0) is 18.5. The van der Waals surface area contributed by atoms with Crippen molar-refractivity contribution in [2.45, 2.75) is 12.3 Å². The van der Waals surface area contributed by atoms with Crippen LogP contribution in [-0.2, 0) is 0 Å². The third kappa shape index (κ3) is 4.68. The molecule has 28 heavy (non-hydrogen) atoms. The number of para-hydroxylation sites is 1. The molecule has 0 saturated carbocycles. The zero-order valence-electron chi connectivity index (χ0n) is 16.3. The van der Waals surface area contributed by atoms with Gasteiger partial charge in [0.15, 0.2) is 5.96 Å². The van der Waals surface area contributed by atoms with Crippen molar-refractivity contribution >= 4 is 35.8 Å². The largest absolute Gasteiger partial charge is 0.493 e. The number of guanidine groups is 1. The van der Waals surface area contributed by atoms with Gasteiger partial charge in [-0.05, 0) is 30.2 Å². The second-order valence-electron chi connectivity index (χ2n) is 6.96. The van der Waals surface area contributed by atoms with E-state index in [9.17, 15) is 0 Å². The standard InChI is InChI=1S/C21H27N5O.HI/c1-22-21(24-16-17-9-15-27-19-7-3-2-6-18(17)19)26-13-11-25(12-14-26)20-8-4-5-10-23-20;/h2-8,10,17H,9,11-16H2,1H3,(H,22,24);1H. The topological polar surface area (TPSA) is 53.0 Å². The van der Waals surface area contributed by atoms with Gasteiger partial charge in [0.1, 0.15) is 11.6 Å². The summed E-state index contributed by atoms with van der Waals surface area (Å²) < 4.78 is 5.78. The molecule has 2 aliphatic rings. The summed E-state index contributed by atoms with van der Waals surface area (Å²) in [6.07, 6.45) is 2.89. The molecule has 2 aromatic rings. The van der Waals surface area contributed by atoms with Crippen LogP contribution in [0.1, 0.15) is 17.9 Å². The van der Waals surface area contributed by atoms with Gasteiger partial charge in [-0.25, -0.2) is 4.98 Å². The highest BCUT2D eigenvalue weighted by atomic mass is 127. The minimum atomic E-state index is 0. The number of fused-ring (bicyclic) bond motifs is 1. The summed E-state index contributed by atoms with van der Waals surface area (Å²) in [5.74, 6) is 3.52. The SMILES string of the molecule is CN=C(NCC1CCOc2ccccc21)N1CCN(c2ccccn2)CC1.I. The van der Waals surface area contributed by atoms with Crippen LogP contribution < -0.4 is 15.0 Å². The van der Waals surface area contributed by atoms with E-state index in [1.807, 2.05) is 31.4 Å². The first-order chi connectivity index (χ1) is 13.3. The van der Waals surface area contributed by atoms with Crippen LogP contribution >= 0.6 is 24.0 Å². The third-order valence-electron chi connectivity index (χ3n) is 5.35. The first-order valence-electron chi connectivity index (χ1n) is 9.68. The summed E-state index contributed by atoms with van der Waals surface area (Å²) in [5, 5.41) is 3.59. The molecule has 0 aliphatic carbocycles. The van der Waals surface area contributed by atoms with Crippen molar-refractivity contribution in [2.24, 2.45) is 4.99 Å². The lowest BCUT2D eigenvalue weighted by Gasteiger charge is -2.37. The van der Waals surface area contributed by atoms with Gasteiger partial charge in [-0.1, -0.05) is 24.3 Å². The highest BCUT2D eigenvalue weighted by molar-refractivity contribution is 14.0. The van der Waals surface area contributed by atoms with Gasteiger partial charge in [0, 0.05) is 51.9 Å². The summed E-state index contributed by atoms with van der Waals surface area (Å²) in [6, 6.07) is 14.4. The molecular formula is C21H28IN5O. The summed E-state index contributed by atoms with van der Waals surface area (Å²) in [5.41, 5.74) is 1.30. The van der Waals surface area contributed by atoms with Gasteiger partial charge in [-0.15, -0.1) is 24.0 Å². The van der Waals surface area contributed by atoms with Crippen molar-refractivity contribution in [3.63, 3.8) is 0 Å². The van der Waals surface area contributed by atoms with E-state index in [1.165, 1.54) is 5.56 Å². The van der Waals surface area contributed by atoms with Crippen LogP contribution in [0.5, 0.6) is 5.75 Å². The maximum absolute atomic E-state index is 5.78. The Bertz CT molecular complexity index is 777. The van der Waals surface area contributed by atoms with Gasteiger partial charge in [0.05, 0.1) is 6.61 Å². The molecular weight excluding hydrogens is 465 g/mol. The number of aromatic nitrogens is 1. The van der Waals surface area contributed by atoms with E-state index in [4.69, 9.17) is 4.74 Å². The fraction of sp³-hybridized carbons (Fsp3) is 0.429. The number of halogens is 1. The second-order valence-corrected chi connectivity index (χ2v) is 6.96. The number of ether oxygens (including phenoxy) is 1. The molecule has 0 amide bonds. The number of nitrogens with zero attached hydrogens (tertiary/aromatic N) is 4. The van der Waals surface area contributed by atoms with E-state index in [0.29, 0.717) is 5.92 Å². The second kappa shape index (κ2) is 9.95. The van der Waals surface area contributed by atoms with Gasteiger partial charge in [0.25, 0.3) is 0 Å². The van der Waals surface area contributed by atoms with E-state index >= 15 is 0 Å². The van der Waals surface area contributed by atoms with Crippen molar-refractivity contribution < 1.29 is 4.74 Å². The molecule has 0 spiro atoms. The van der Waals surface area contributed by atoms with Crippen LogP contribution in [0.3, 0.4) is 0 Å². The number of nitrogens with one attached hydrogen (secondary N) is 1. The maximum atomic E-state index is 5.78. The van der Waals surface area contributed by atoms with Crippen LogP contribution in [0.25, 0.3) is 0 Å². The molecule has 4 rings (SSSR count). The van der Waals surface area contributed by atoms with E-state index in [2.05, 4.69) is 49.4 Å². The van der Waals surface area contributed by atoms with Crippen LogP contribution in [0.2, 0.25) is 0 Å². The number of hydrogen-bond acceptors (Lipinski definition) is 4. The molecule has 0 radical (unpaired) electrons. The summed E-state index contributed by atoms with van der Waals surface area (Å²) in [4.78, 5) is 13.6. The summed E-state index contributed by atoms with van der Waals surface area (Å²) >= 11 is 0. The first kappa shape index (κ1) is 20.7. The summed E-state index contributed by atoms with van der Waals surface area (Å²) in [6.45, 7) is 5.47. The number of piperazine rings is 1. The fourth-order valence-corrected chi connectivity index (χ4v) is 3.86. The van der Waals surface area contributed by atoms with Crippen molar-refractivity contribution in [1.29, 1.82) is 0 Å². The maximum Gasteiger partial charge on any atom is 0.193 e. The predicted octanol–water partition coefficient (Wildman–Crippen LogP) is 2.96. The highest BCUT2D eigenvalue weighted by Crippen LogP contribution is 2.32. The minimum Gasteiger partial charge on any atom is -0.493 e. The molecule has 1 atom stereocenters. The zero-order valence-corrected chi connectivity index (χ0v) is 18.6. The van der Waals surface area contributed by atoms with Crippen LogP contribution in [0.15, 0.2) is 53.7 Å².